The largest absolute Gasteiger partial charge is 0.347 e. The minimum Gasteiger partial charge on any atom is -0.347 e. The molecule has 5 aliphatic rings. The van der Waals surface area contributed by atoms with E-state index in [4.69, 9.17) is 0 Å². The second kappa shape index (κ2) is 5.58. The van der Waals surface area contributed by atoms with E-state index in [-0.39, 0.29) is 23.3 Å². The average Bonchev–Trinajstić information content (AvgIpc) is 3.38. The van der Waals surface area contributed by atoms with Crippen molar-refractivity contribution in [3.63, 3.8) is 0 Å². The summed E-state index contributed by atoms with van der Waals surface area (Å²) in [4.78, 5) is 24.8. The van der Waals surface area contributed by atoms with Crippen LogP contribution in [0.2, 0.25) is 0 Å². The first kappa shape index (κ1) is 15.4. The van der Waals surface area contributed by atoms with Crippen molar-refractivity contribution in [2.75, 3.05) is 5.32 Å². The number of rotatable bonds is 4. The molecule has 1 aromatic carbocycles. The van der Waals surface area contributed by atoms with Crippen LogP contribution in [0.15, 0.2) is 24.3 Å². The zero-order valence-electron chi connectivity index (χ0n) is 14.6. The van der Waals surface area contributed by atoms with E-state index in [2.05, 4.69) is 10.6 Å². The maximum Gasteiger partial charge on any atom is 0.251 e. The van der Waals surface area contributed by atoms with E-state index < -0.39 is 0 Å². The summed E-state index contributed by atoms with van der Waals surface area (Å²) in [6.07, 6.45) is 9.55. The molecule has 4 heteroatoms. The van der Waals surface area contributed by atoms with E-state index >= 15 is 0 Å². The number of anilines is 1. The van der Waals surface area contributed by atoms with Gasteiger partial charge in [0.25, 0.3) is 5.91 Å². The molecule has 2 N–H and O–H groups in total. The Kier molecular flexibility index (Phi) is 3.44. The molecular formula is C21H26N2O2. The van der Waals surface area contributed by atoms with Gasteiger partial charge in [0.15, 0.2) is 0 Å². The van der Waals surface area contributed by atoms with E-state index in [1.807, 2.05) is 24.3 Å². The average molecular weight is 338 g/mol. The van der Waals surface area contributed by atoms with Gasteiger partial charge in [0.2, 0.25) is 5.91 Å². The summed E-state index contributed by atoms with van der Waals surface area (Å²) in [6.45, 7) is 0. The molecule has 132 valence electrons. The highest BCUT2D eigenvalue weighted by atomic mass is 16.2. The minimum atomic E-state index is 0.0180. The standard InChI is InChI=1S/C21H26N2O2/c24-19(16-4-5-16)22-18-3-1-2-17(9-18)20(25)23-21-10-13-6-14(11-21)8-15(7-13)12-21/h1-3,9,13-16H,4-8,10-12H2,(H,22,24)(H,23,25). The maximum atomic E-state index is 12.9. The third-order valence-corrected chi connectivity index (χ3v) is 6.76. The molecule has 5 aliphatic carbocycles. The SMILES string of the molecule is O=C(NC12CC3CC(CC(C3)C1)C2)c1cccc(NC(=O)C2CC2)c1. The molecule has 4 nitrogen and oxygen atoms in total. The van der Waals surface area contributed by atoms with Gasteiger partial charge in [-0.3, -0.25) is 9.59 Å². The Balaban J connectivity index is 1.30. The lowest BCUT2D eigenvalue weighted by Gasteiger charge is -2.56. The predicted molar refractivity (Wildman–Crippen MR) is 96.2 cm³/mol. The normalized spacial score (nSPS) is 35.4. The van der Waals surface area contributed by atoms with E-state index in [0.29, 0.717) is 5.56 Å². The lowest BCUT2D eigenvalue weighted by Crippen LogP contribution is -2.59. The van der Waals surface area contributed by atoms with Crippen LogP contribution in [0.3, 0.4) is 0 Å². The van der Waals surface area contributed by atoms with Crippen molar-refractivity contribution in [2.24, 2.45) is 23.7 Å². The lowest BCUT2D eigenvalue weighted by molar-refractivity contribution is -0.117. The number of hydrogen-bond acceptors (Lipinski definition) is 2. The fourth-order valence-electron chi connectivity index (χ4n) is 5.90. The first-order chi connectivity index (χ1) is 12.1. The molecule has 2 amide bonds. The van der Waals surface area contributed by atoms with E-state index in [1.165, 1.54) is 19.3 Å². The number of nitrogens with one attached hydrogen (secondary N) is 2. The Hall–Kier alpha value is -1.84. The first-order valence-electron chi connectivity index (χ1n) is 9.82. The highest BCUT2D eigenvalue weighted by Gasteiger charge is 2.51. The topological polar surface area (TPSA) is 58.2 Å². The highest BCUT2D eigenvalue weighted by molar-refractivity contribution is 5.98. The Morgan fingerprint density at radius 2 is 1.60 bits per heavy atom. The molecular weight excluding hydrogens is 312 g/mol. The second-order valence-electron chi connectivity index (χ2n) is 9.00. The van der Waals surface area contributed by atoms with Gasteiger partial charge in [-0.2, -0.15) is 0 Å². The molecule has 0 unspecified atom stereocenters. The predicted octanol–water partition coefficient (Wildman–Crippen LogP) is 3.73. The van der Waals surface area contributed by atoms with Crippen LogP contribution in [-0.4, -0.2) is 17.4 Å². The molecule has 0 heterocycles. The minimum absolute atomic E-state index is 0.0180. The monoisotopic (exact) mass is 338 g/mol. The van der Waals surface area contributed by atoms with Gasteiger partial charge in [-0.25, -0.2) is 0 Å². The molecule has 0 radical (unpaired) electrons. The molecule has 0 spiro atoms. The first-order valence-corrected chi connectivity index (χ1v) is 9.82. The van der Waals surface area contributed by atoms with Crippen molar-refractivity contribution in [3.8, 4) is 0 Å². The van der Waals surface area contributed by atoms with Crippen LogP contribution in [0, 0.1) is 23.7 Å². The van der Waals surface area contributed by atoms with Crippen molar-refractivity contribution in [2.45, 2.75) is 56.9 Å². The molecule has 5 saturated carbocycles. The molecule has 0 aromatic heterocycles. The Bertz CT molecular complexity index is 687. The molecule has 5 fully saturated rings. The van der Waals surface area contributed by atoms with Gasteiger partial charge < -0.3 is 10.6 Å². The zero-order chi connectivity index (χ0) is 17.0. The molecule has 1 aromatic rings. The van der Waals surface area contributed by atoms with Crippen molar-refractivity contribution in [1.82, 2.24) is 5.32 Å². The van der Waals surface area contributed by atoms with Crippen LogP contribution in [0.4, 0.5) is 5.69 Å². The summed E-state index contributed by atoms with van der Waals surface area (Å²) >= 11 is 0. The van der Waals surface area contributed by atoms with Crippen LogP contribution >= 0.6 is 0 Å². The summed E-state index contributed by atoms with van der Waals surface area (Å²) in [5.74, 6) is 2.72. The van der Waals surface area contributed by atoms with Gasteiger partial charge in [-0.05, 0) is 87.3 Å². The fourth-order valence-corrected chi connectivity index (χ4v) is 5.90. The Morgan fingerprint density at radius 3 is 2.20 bits per heavy atom. The van der Waals surface area contributed by atoms with Crippen molar-refractivity contribution in [1.29, 1.82) is 0 Å². The third-order valence-electron chi connectivity index (χ3n) is 6.76. The number of carbonyl (C=O) groups is 2. The van der Waals surface area contributed by atoms with Crippen LogP contribution in [0.25, 0.3) is 0 Å². The smallest absolute Gasteiger partial charge is 0.251 e. The maximum absolute atomic E-state index is 12.9. The number of amides is 2. The van der Waals surface area contributed by atoms with E-state index in [0.717, 1.165) is 55.5 Å². The molecule has 6 rings (SSSR count). The zero-order valence-corrected chi connectivity index (χ0v) is 14.6. The number of benzene rings is 1. The molecule has 25 heavy (non-hydrogen) atoms. The summed E-state index contributed by atoms with van der Waals surface area (Å²) in [6, 6.07) is 7.39. The summed E-state index contributed by atoms with van der Waals surface area (Å²) in [5, 5.41) is 6.34. The molecule has 0 aliphatic heterocycles. The summed E-state index contributed by atoms with van der Waals surface area (Å²) in [5.41, 5.74) is 1.42. The van der Waals surface area contributed by atoms with Gasteiger partial charge in [0.05, 0.1) is 0 Å². The Morgan fingerprint density at radius 1 is 0.960 bits per heavy atom. The lowest BCUT2D eigenvalue weighted by atomic mass is 9.53. The van der Waals surface area contributed by atoms with Gasteiger partial charge in [-0.1, -0.05) is 6.07 Å². The van der Waals surface area contributed by atoms with Gasteiger partial charge in [-0.15, -0.1) is 0 Å². The van der Waals surface area contributed by atoms with E-state index in [9.17, 15) is 9.59 Å². The fraction of sp³-hybridized carbons (Fsp3) is 0.619. The quantitative estimate of drug-likeness (QED) is 0.879. The molecule has 0 atom stereocenters. The Labute approximate surface area is 148 Å². The van der Waals surface area contributed by atoms with E-state index in [1.54, 1.807) is 0 Å². The second-order valence-corrected chi connectivity index (χ2v) is 9.00. The van der Waals surface area contributed by atoms with Crippen LogP contribution < -0.4 is 10.6 Å². The van der Waals surface area contributed by atoms with Gasteiger partial charge >= 0.3 is 0 Å². The van der Waals surface area contributed by atoms with Crippen molar-refractivity contribution < 1.29 is 9.59 Å². The van der Waals surface area contributed by atoms with Crippen molar-refractivity contribution in [3.05, 3.63) is 29.8 Å². The third kappa shape index (κ3) is 2.96. The van der Waals surface area contributed by atoms with Crippen LogP contribution in [-0.2, 0) is 4.79 Å². The van der Waals surface area contributed by atoms with Crippen LogP contribution in [0.1, 0.15) is 61.7 Å². The van der Waals surface area contributed by atoms with Gasteiger partial charge in [0.1, 0.15) is 0 Å². The summed E-state index contributed by atoms with van der Waals surface area (Å²) in [7, 11) is 0. The van der Waals surface area contributed by atoms with Crippen LogP contribution in [0.5, 0.6) is 0 Å². The van der Waals surface area contributed by atoms with Crippen molar-refractivity contribution >= 4 is 17.5 Å². The highest BCUT2D eigenvalue weighted by Crippen LogP contribution is 2.55. The number of hydrogen-bond donors (Lipinski definition) is 2. The summed E-state index contributed by atoms with van der Waals surface area (Å²) < 4.78 is 0. The van der Waals surface area contributed by atoms with Gasteiger partial charge in [0, 0.05) is 22.7 Å². The molecule has 0 saturated heterocycles. The molecule has 4 bridgehead atoms. The number of carbonyl (C=O) groups excluding carboxylic acids is 2.